The van der Waals surface area contributed by atoms with Crippen LogP contribution in [-0.4, -0.2) is 13.3 Å². The average Bonchev–Trinajstić information content (AvgIpc) is 1.87. The minimum atomic E-state index is 0.458. The molecular weight excluding hydrogens is 122 g/mol. The van der Waals surface area contributed by atoms with E-state index < -0.39 is 0 Å². The van der Waals surface area contributed by atoms with Crippen LogP contribution in [0.3, 0.4) is 0 Å². The molecule has 0 atom stereocenters. The van der Waals surface area contributed by atoms with Gasteiger partial charge in [0.25, 0.3) is 0 Å². The molecule has 0 bridgehead atoms. The predicted molar refractivity (Wildman–Crippen MR) is 46.2 cm³/mol. The molecule has 0 N–H and O–H groups in total. The molecule has 0 aromatic carbocycles. The first-order valence-electron chi connectivity index (χ1n) is 3.30. The van der Waals surface area contributed by atoms with Crippen LogP contribution in [0.5, 0.6) is 0 Å². The number of terminal acetylenes is 1. The number of allylic oxidation sites excluding steroid dienone is 2. The van der Waals surface area contributed by atoms with Gasteiger partial charge in [-0.1, -0.05) is 19.8 Å². The molecule has 0 saturated heterocycles. The Balaban J connectivity index is 4.30. The average molecular weight is 135 g/mol. The van der Waals surface area contributed by atoms with E-state index in [1.165, 1.54) is 0 Å². The predicted octanol–water partition coefficient (Wildman–Crippen LogP) is 1.90. The quantitative estimate of drug-likeness (QED) is 0.405. The normalized spacial score (nSPS) is 12.5. The van der Waals surface area contributed by atoms with E-state index >= 15 is 0 Å². The van der Waals surface area contributed by atoms with Gasteiger partial charge in [0.15, 0.2) is 0 Å². The van der Waals surface area contributed by atoms with Crippen molar-refractivity contribution >= 4 is 6.21 Å². The highest BCUT2D eigenvalue weighted by atomic mass is 14.6. The third-order valence-corrected chi connectivity index (χ3v) is 1.19. The van der Waals surface area contributed by atoms with Gasteiger partial charge in [-0.3, -0.25) is 4.99 Å². The summed E-state index contributed by atoms with van der Waals surface area (Å²) in [6, 6.07) is 0. The lowest BCUT2D eigenvalue weighted by Crippen LogP contribution is -1.94. The molecule has 0 fully saturated rings. The van der Waals surface area contributed by atoms with Crippen LogP contribution in [0.2, 0.25) is 0 Å². The molecule has 0 heterocycles. The van der Waals surface area contributed by atoms with Crippen molar-refractivity contribution in [1.29, 1.82) is 0 Å². The molecule has 0 aliphatic heterocycles. The second-order valence-electron chi connectivity index (χ2n) is 2.35. The van der Waals surface area contributed by atoms with Gasteiger partial charge in [0.1, 0.15) is 0 Å². The zero-order valence-corrected chi connectivity index (χ0v) is 6.76. The molecule has 1 heteroatoms. The summed E-state index contributed by atoms with van der Waals surface area (Å²) in [5.41, 5.74) is 1.10. The molecule has 0 saturated carbocycles. The van der Waals surface area contributed by atoms with Gasteiger partial charge in [-0.2, -0.15) is 0 Å². The van der Waals surface area contributed by atoms with E-state index in [-0.39, 0.29) is 0 Å². The number of nitrogens with zero attached hydrogens (tertiary/aromatic N) is 1. The van der Waals surface area contributed by atoms with Crippen LogP contribution in [0.25, 0.3) is 0 Å². The number of hydrogen-bond acceptors (Lipinski definition) is 1. The number of rotatable bonds is 2. The SMILES string of the molecule is C#C/C=C(\C=NC)C(C)C. The van der Waals surface area contributed by atoms with Crippen LogP contribution in [0.1, 0.15) is 13.8 Å². The van der Waals surface area contributed by atoms with Crippen molar-refractivity contribution in [2.75, 3.05) is 7.05 Å². The summed E-state index contributed by atoms with van der Waals surface area (Å²) in [4.78, 5) is 3.89. The van der Waals surface area contributed by atoms with Crippen LogP contribution in [0.15, 0.2) is 16.6 Å². The standard InChI is InChI=1S/C9H13N/c1-5-6-9(7-10-4)8(2)3/h1,6-8H,2-4H3/b9-6+,10-7?. The molecule has 0 aliphatic rings. The molecule has 10 heavy (non-hydrogen) atoms. The Morgan fingerprint density at radius 2 is 2.20 bits per heavy atom. The zero-order chi connectivity index (χ0) is 7.98. The Morgan fingerprint density at radius 1 is 1.60 bits per heavy atom. The van der Waals surface area contributed by atoms with Crippen LogP contribution in [-0.2, 0) is 0 Å². The first-order valence-corrected chi connectivity index (χ1v) is 3.30. The Labute approximate surface area is 62.9 Å². The summed E-state index contributed by atoms with van der Waals surface area (Å²) in [5, 5.41) is 0. The molecule has 0 amide bonds. The lowest BCUT2D eigenvalue weighted by Gasteiger charge is -2.01. The van der Waals surface area contributed by atoms with Gasteiger partial charge in [0, 0.05) is 13.3 Å². The molecular formula is C9H13N. The van der Waals surface area contributed by atoms with Crippen molar-refractivity contribution in [1.82, 2.24) is 0 Å². The van der Waals surface area contributed by atoms with Gasteiger partial charge in [-0.25, -0.2) is 0 Å². The highest BCUT2D eigenvalue weighted by Crippen LogP contribution is 2.05. The Hall–Kier alpha value is -1.03. The fraction of sp³-hybridized carbons (Fsp3) is 0.444. The van der Waals surface area contributed by atoms with E-state index in [0.29, 0.717) is 5.92 Å². The Kier molecular flexibility index (Phi) is 4.32. The molecule has 0 aromatic rings. The van der Waals surface area contributed by atoms with E-state index in [1.807, 2.05) is 0 Å². The van der Waals surface area contributed by atoms with Gasteiger partial charge >= 0.3 is 0 Å². The summed E-state index contributed by atoms with van der Waals surface area (Å²) in [7, 11) is 1.74. The minimum absolute atomic E-state index is 0.458. The topological polar surface area (TPSA) is 12.4 Å². The molecule has 1 nitrogen and oxygen atoms in total. The highest BCUT2D eigenvalue weighted by Gasteiger charge is 1.96. The van der Waals surface area contributed by atoms with Gasteiger partial charge in [0.05, 0.1) is 0 Å². The van der Waals surface area contributed by atoms with Gasteiger partial charge in [-0.05, 0) is 17.6 Å². The van der Waals surface area contributed by atoms with Crippen molar-refractivity contribution in [3.63, 3.8) is 0 Å². The van der Waals surface area contributed by atoms with E-state index in [0.717, 1.165) is 5.57 Å². The van der Waals surface area contributed by atoms with Crippen LogP contribution in [0, 0.1) is 18.3 Å². The largest absolute Gasteiger partial charge is 0.296 e. The molecule has 0 aromatic heterocycles. The third kappa shape index (κ3) is 3.09. The highest BCUT2D eigenvalue weighted by molar-refractivity contribution is 5.79. The molecule has 0 aliphatic carbocycles. The van der Waals surface area contributed by atoms with E-state index in [2.05, 4.69) is 24.8 Å². The molecule has 54 valence electrons. The summed E-state index contributed by atoms with van der Waals surface area (Å²) in [6.45, 7) is 4.18. The molecule has 0 spiro atoms. The lowest BCUT2D eigenvalue weighted by atomic mass is 10.0. The monoisotopic (exact) mass is 135 g/mol. The van der Waals surface area contributed by atoms with E-state index in [4.69, 9.17) is 6.42 Å². The third-order valence-electron chi connectivity index (χ3n) is 1.19. The Morgan fingerprint density at radius 3 is 2.50 bits per heavy atom. The van der Waals surface area contributed by atoms with Crippen molar-refractivity contribution in [3.05, 3.63) is 11.6 Å². The van der Waals surface area contributed by atoms with E-state index in [1.54, 1.807) is 19.3 Å². The fourth-order valence-corrected chi connectivity index (χ4v) is 0.598. The van der Waals surface area contributed by atoms with E-state index in [9.17, 15) is 0 Å². The second-order valence-corrected chi connectivity index (χ2v) is 2.35. The smallest absolute Gasteiger partial charge is 0.0277 e. The van der Waals surface area contributed by atoms with Crippen LogP contribution >= 0.6 is 0 Å². The fourth-order valence-electron chi connectivity index (χ4n) is 0.598. The van der Waals surface area contributed by atoms with Crippen LogP contribution in [0.4, 0.5) is 0 Å². The minimum Gasteiger partial charge on any atom is -0.296 e. The number of hydrogen-bond donors (Lipinski definition) is 0. The molecule has 0 radical (unpaired) electrons. The second kappa shape index (κ2) is 4.81. The maximum Gasteiger partial charge on any atom is 0.0277 e. The zero-order valence-electron chi connectivity index (χ0n) is 6.76. The first-order chi connectivity index (χ1) is 4.72. The summed E-state index contributed by atoms with van der Waals surface area (Å²) in [6.07, 6.45) is 8.65. The van der Waals surface area contributed by atoms with Crippen molar-refractivity contribution in [2.24, 2.45) is 10.9 Å². The maximum atomic E-state index is 5.11. The Bertz CT molecular complexity index is 179. The van der Waals surface area contributed by atoms with Crippen molar-refractivity contribution in [3.8, 4) is 12.3 Å². The van der Waals surface area contributed by atoms with Gasteiger partial charge < -0.3 is 0 Å². The summed E-state index contributed by atoms with van der Waals surface area (Å²) >= 11 is 0. The van der Waals surface area contributed by atoms with Crippen molar-refractivity contribution < 1.29 is 0 Å². The number of aliphatic imine (C=N–C) groups is 1. The summed E-state index contributed by atoms with van der Waals surface area (Å²) < 4.78 is 0. The van der Waals surface area contributed by atoms with Gasteiger partial charge in [-0.15, -0.1) is 6.42 Å². The lowest BCUT2D eigenvalue weighted by molar-refractivity contribution is 0.807. The molecule has 0 unspecified atom stereocenters. The summed E-state index contributed by atoms with van der Waals surface area (Å²) in [5.74, 6) is 2.94. The van der Waals surface area contributed by atoms with Crippen molar-refractivity contribution in [2.45, 2.75) is 13.8 Å². The molecule has 0 rings (SSSR count). The first kappa shape index (κ1) is 8.97. The van der Waals surface area contributed by atoms with Crippen LogP contribution < -0.4 is 0 Å². The maximum absolute atomic E-state index is 5.11. The van der Waals surface area contributed by atoms with Gasteiger partial charge in [0.2, 0.25) is 0 Å².